The monoisotopic (exact) mass is 315 g/mol. The van der Waals surface area contributed by atoms with E-state index in [9.17, 15) is 4.79 Å². The van der Waals surface area contributed by atoms with Crippen LogP contribution in [0.1, 0.15) is 37.4 Å². The van der Waals surface area contributed by atoms with Crippen LogP contribution in [0.25, 0.3) is 0 Å². The molecule has 3 heteroatoms. The van der Waals surface area contributed by atoms with Gasteiger partial charge in [0.2, 0.25) is 5.91 Å². The van der Waals surface area contributed by atoms with E-state index >= 15 is 0 Å². The fourth-order valence-electron chi connectivity index (χ4n) is 2.49. The second-order valence-corrected chi connectivity index (χ2v) is 6.20. The minimum atomic E-state index is 0.0416. The molecule has 1 unspecified atom stereocenters. The molecule has 0 fully saturated rings. The summed E-state index contributed by atoms with van der Waals surface area (Å²) in [5.74, 6) is 0.397. The molecule has 0 aliphatic carbocycles. The smallest absolute Gasteiger partial charge is 0.220 e. The lowest BCUT2D eigenvalue weighted by Gasteiger charge is -2.23. The van der Waals surface area contributed by atoms with E-state index in [2.05, 4.69) is 31.3 Å². The van der Waals surface area contributed by atoms with Crippen molar-refractivity contribution >= 4 is 17.5 Å². The first-order chi connectivity index (χ1) is 10.6. The Hall–Kier alpha value is -1.80. The number of halogens is 1. The molecule has 0 aliphatic heterocycles. The Bertz CT molecular complexity index is 610. The molecular formula is C19H22ClNO. The van der Waals surface area contributed by atoms with Crippen LogP contribution in [-0.2, 0) is 11.2 Å². The zero-order valence-electron chi connectivity index (χ0n) is 13.1. The largest absolute Gasteiger partial charge is 0.349 e. The molecule has 22 heavy (non-hydrogen) atoms. The Morgan fingerprint density at radius 1 is 1.05 bits per heavy atom. The average Bonchev–Trinajstić information content (AvgIpc) is 2.52. The Morgan fingerprint density at radius 2 is 1.68 bits per heavy atom. The van der Waals surface area contributed by atoms with Crippen molar-refractivity contribution in [1.82, 2.24) is 5.32 Å². The summed E-state index contributed by atoms with van der Waals surface area (Å²) < 4.78 is 0. The van der Waals surface area contributed by atoms with Gasteiger partial charge in [-0.25, -0.2) is 0 Å². The Morgan fingerprint density at radius 3 is 2.32 bits per heavy atom. The summed E-state index contributed by atoms with van der Waals surface area (Å²) in [4.78, 5) is 12.3. The van der Waals surface area contributed by atoms with Crippen molar-refractivity contribution in [2.75, 3.05) is 0 Å². The second-order valence-electron chi connectivity index (χ2n) is 5.79. The van der Waals surface area contributed by atoms with Crippen LogP contribution >= 0.6 is 11.6 Å². The van der Waals surface area contributed by atoms with Gasteiger partial charge in [-0.05, 0) is 29.5 Å². The van der Waals surface area contributed by atoms with Gasteiger partial charge in [0, 0.05) is 11.4 Å². The van der Waals surface area contributed by atoms with Gasteiger partial charge in [0.05, 0.1) is 6.04 Å². The topological polar surface area (TPSA) is 29.1 Å². The summed E-state index contributed by atoms with van der Waals surface area (Å²) in [7, 11) is 0. The third kappa shape index (κ3) is 4.60. The summed E-state index contributed by atoms with van der Waals surface area (Å²) in [6.07, 6.45) is 1.10. The lowest BCUT2D eigenvalue weighted by atomic mass is 9.96. The van der Waals surface area contributed by atoms with Crippen LogP contribution in [-0.4, -0.2) is 5.91 Å². The zero-order chi connectivity index (χ0) is 15.9. The van der Waals surface area contributed by atoms with Gasteiger partial charge in [-0.1, -0.05) is 74.0 Å². The molecule has 116 valence electrons. The molecule has 0 aliphatic rings. The number of carbonyl (C=O) groups is 1. The first kappa shape index (κ1) is 16.6. The number of nitrogens with one attached hydrogen (secondary N) is 1. The lowest BCUT2D eigenvalue weighted by molar-refractivity contribution is -0.122. The van der Waals surface area contributed by atoms with E-state index in [4.69, 9.17) is 11.6 Å². The highest BCUT2D eigenvalue weighted by molar-refractivity contribution is 6.31. The molecule has 2 nitrogen and oxygen atoms in total. The van der Waals surface area contributed by atoms with Crippen molar-refractivity contribution in [3.63, 3.8) is 0 Å². The van der Waals surface area contributed by atoms with Crippen molar-refractivity contribution in [3.8, 4) is 0 Å². The van der Waals surface area contributed by atoms with E-state index in [0.717, 1.165) is 16.1 Å². The molecule has 1 N–H and O–H groups in total. The van der Waals surface area contributed by atoms with Crippen molar-refractivity contribution in [2.24, 2.45) is 5.92 Å². The van der Waals surface area contributed by atoms with Crippen LogP contribution in [0.5, 0.6) is 0 Å². The number of amides is 1. The number of hydrogen-bond donors (Lipinski definition) is 1. The molecule has 0 spiro atoms. The van der Waals surface area contributed by atoms with Crippen LogP contribution in [0.4, 0.5) is 0 Å². The van der Waals surface area contributed by atoms with Gasteiger partial charge < -0.3 is 5.32 Å². The summed E-state index contributed by atoms with van der Waals surface area (Å²) in [5.41, 5.74) is 2.16. The van der Waals surface area contributed by atoms with Gasteiger partial charge >= 0.3 is 0 Å². The van der Waals surface area contributed by atoms with Gasteiger partial charge in [-0.3, -0.25) is 4.79 Å². The van der Waals surface area contributed by atoms with Gasteiger partial charge in [-0.2, -0.15) is 0 Å². The molecule has 0 bridgehead atoms. The molecule has 0 saturated heterocycles. The molecular weight excluding hydrogens is 294 g/mol. The van der Waals surface area contributed by atoms with E-state index in [0.29, 0.717) is 18.8 Å². The molecule has 0 radical (unpaired) electrons. The predicted molar refractivity (Wildman–Crippen MR) is 91.9 cm³/mol. The van der Waals surface area contributed by atoms with Crippen LogP contribution in [0.15, 0.2) is 54.6 Å². The Kier molecular flexibility index (Phi) is 6.02. The van der Waals surface area contributed by atoms with Gasteiger partial charge in [0.25, 0.3) is 0 Å². The maximum atomic E-state index is 12.3. The zero-order valence-corrected chi connectivity index (χ0v) is 13.8. The normalized spacial score (nSPS) is 12.2. The summed E-state index contributed by atoms with van der Waals surface area (Å²) >= 11 is 6.13. The van der Waals surface area contributed by atoms with Crippen molar-refractivity contribution in [2.45, 2.75) is 32.7 Å². The third-order valence-electron chi connectivity index (χ3n) is 3.72. The molecule has 0 saturated carbocycles. The van der Waals surface area contributed by atoms with Crippen molar-refractivity contribution in [1.29, 1.82) is 0 Å². The van der Waals surface area contributed by atoms with Crippen LogP contribution in [0, 0.1) is 5.92 Å². The number of aryl methyl sites for hydroxylation is 1. The molecule has 2 aromatic rings. The quantitative estimate of drug-likeness (QED) is 0.816. The SMILES string of the molecule is CC(C)C(NC(=O)CCc1ccccc1Cl)c1ccccc1. The van der Waals surface area contributed by atoms with E-state index in [1.807, 2.05) is 42.5 Å². The molecule has 0 aromatic heterocycles. The standard InChI is InChI=1S/C19H22ClNO/c1-14(2)19(16-9-4-3-5-10-16)21-18(22)13-12-15-8-6-7-11-17(15)20/h3-11,14,19H,12-13H2,1-2H3,(H,21,22). The molecule has 2 rings (SSSR count). The highest BCUT2D eigenvalue weighted by Crippen LogP contribution is 2.22. The van der Waals surface area contributed by atoms with E-state index in [1.165, 1.54) is 0 Å². The lowest BCUT2D eigenvalue weighted by Crippen LogP contribution is -2.31. The Labute approximate surface area is 137 Å². The van der Waals surface area contributed by atoms with E-state index < -0.39 is 0 Å². The second kappa shape index (κ2) is 8.00. The number of benzene rings is 2. The number of carbonyl (C=O) groups excluding carboxylic acids is 1. The highest BCUT2D eigenvalue weighted by atomic mass is 35.5. The highest BCUT2D eigenvalue weighted by Gasteiger charge is 2.18. The molecule has 2 aromatic carbocycles. The minimum Gasteiger partial charge on any atom is -0.349 e. The summed E-state index contributed by atoms with van der Waals surface area (Å²) in [6.45, 7) is 4.23. The van der Waals surface area contributed by atoms with Crippen molar-refractivity contribution in [3.05, 3.63) is 70.7 Å². The summed E-state index contributed by atoms with van der Waals surface area (Å²) in [6, 6.07) is 17.8. The first-order valence-electron chi connectivity index (χ1n) is 7.65. The van der Waals surface area contributed by atoms with Crippen molar-refractivity contribution < 1.29 is 4.79 Å². The first-order valence-corrected chi connectivity index (χ1v) is 8.03. The van der Waals surface area contributed by atoms with Gasteiger partial charge in [0.15, 0.2) is 0 Å². The van der Waals surface area contributed by atoms with Crippen LogP contribution < -0.4 is 5.32 Å². The Balaban J connectivity index is 1.96. The number of rotatable bonds is 6. The average molecular weight is 316 g/mol. The molecule has 0 heterocycles. The van der Waals surface area contributed by atoms with E-state index in [-0.39, 0.29) is 11.9 Å². The van der Waals surface area contributed by atoms with Gasteiger partial charge in [0.1, 0.15) is 0 Å². The molecule has 1 atom stereocenters. The number of hydrogen-bond acceptors (Lipinski definition) is 1. The van der Waals surface area contributed by atoms with Crippen LogP contribution in [0.3, 0.4) is 0 Å². The molecule has 1 amide bonds. The predicted octanol–water partition coefficient (Wildman–Crippen LogP) is 4.79. The fraction of sp³-hybridized carbons (Fsp3) is 0.316. The maximum Gasteiger partial charge on any atom is 0.220 e. The van der Waals surface area contributed by atoms with E-state index in [1.54, 1.807) is 0 Å². The fourth-order valence-corrected chi connectivity index (χ4v) is 2.72. The van der Waals surface area contributed by atoms with Gasteiger partial charge in [-0.15, -0.1) is 0 Å². The van der Waals surface area contributed by atoms with Crippen LogP contribution in [0.2, 0.25) is 5.02 Å². The summed E-state index contributed by atoms with van der Waals surface area (Å²) in [5, 5.41) is 3.86. The maximum absolute atomic E-state index is 12.3. The third-order valence-corrected chi connectivity index (χ3v) is 4.09. The minimum absolute atomic E-state index is 0.0416.